The van der Waals surface area contributed by atoms with Gasteiger partial charge >= 0.3 is 0 Å². The molecule has 0 radical (unpaired) electrons. The van der Waals surface area contributed by atoms with Gasteiger partial charge in [0, 0.05) is 10.0 Å². The highest BCUT2D eigenvalue weighted by Crippen LogP contribution is 2.24. The monoisotopic (exact) mass is 355 g/mol. The highest BCUT2D eigenvalue weighted by molar-refractivity contribution is 9.10. The Bertz CT molecular complexity index is 825. The predicted octanol–water partition coefficient (Wildman–Crippen LogP) is 4.99. The Morgan fingerprint density at radius 1 is 1.05 bits per heavy atom. The lowest BCUT2D eigenvalue weighted by Crippen LogP contribution is -1.99. The van der Waals surface area contributed by atoms with E-state index in [1.165, 1.54) is 17.0 Å². The second-order valence-corrected chi connectivity index (χ2v) is 5.77. The molecule has 0 unspecified atom stereocenters. The summed E-state index contributed by atoms with van der Waals surface area (Å²) >= 11 is 3.40. The van der Waals surface area contributed by atoms with Gasteiger partial charge in [-0.25, -0.2) is 0 Å². The number of ether oxygens (including phenoxy) is 1. The molecule has 0 spiro atoms. The maximum Gasteiger partial charge on any atom is 0.128 e. The van der Waals surface area contributed by atoms with Crippen LogP contribution in [0.2, 0.25) is 0 Å². The minimum atomic E-state index is 0.454. The third-order valence-electron chi connectivity index (χ3n) is 3.43. The van der Waals surface area contributed by atoms with Crippen LogP contribution in [0.15, 0.2) is 70.3 Å². The average Bonchev–Trinajstić information content (AvgIpc) is 2.54. The maximum atomic E-state index is 8.76. The van der Waals surface area contributed by atoms with Gasteiger partial charge in [-0.2, -0.15) is 0 Å². The quantitative estimate of drug-likeness (QED) is 0.407. The predicted molar refractivity (Wildman–Crippen MR) is 91.8 cm³/mol. The molecule has 0 heterocycles. The van der Waals surface area contributed by atoms with Crippen molar-refractivity contribution in [2.24, 2.45) is 5.16 Å². The molecule has 3 aromatic carbocycles. The smallest absolute Gasteiger partial charge is 0.128 e. The van der Waals surface area contributed by atoms with Crippen molar-refractivity contribution in [1.29, 1.82) is 0 Å². The zero-order chi connectivity index (χ0) is 15.4. The number of oxime groups is 1. The topological polar surface area (TPSA) is 41.8 Å². The van der Waals surface area contributed by atoms with Gasteiger partial charge in [0.15, 0.2) is 0 Å². The molecular weight excluding hydrogens is 342 g/mol. The van der Waals surface area contributed by atoms with Crippen molar-refractivity contribution in [1.82, 2.24) is 0 Å². The van der Waals surface area contributed by atoms with Crippen LogP contribution >= 0.6 is 15.9 Å². The zero-order valence-electron chi connectivity index (χ0n) is 11.7. The molecule has 4 heteroatoms. The normalized spacial score (nSPS) is 11.1. The third kappa shape index (κ3) is 3.12. The van der Waals surface area contributed by atoms with Crippen molar-refractivity contribution in [3.8, 4) is 5.75 Å². The van der Waals surface area contributed by atoms with Crippen LogP contribution in [0, 0.1) is 0 Å². The second-order valence-electron chi connectivity index (χ2n) is 4.85. The van der Waals surface area contributed by atoms with Gasteiger partial charge in [0.05, 0.1) is 6.21 Å². The summed E-state index contributed by atoms with van der Waals surface area (Å²) in [5.41, 5.74) is 1.84. The number of benzene rings is 3. The lowest BCUT2D eigenvalue weighted by molar-refractivity contribution is 0.305. The van der Waals surface area contributed by atoms with Crippen LogP contribution < -0.4 is 4.74 Å². The number of hydrogen-bond acceptors (Lipinski definition) is 3. The number of fused-ring (bicyclic) bond motifs is 1. The Morgan fingerprint density at radius 3 is 2.73 bits per heavy atom. The molecule has 0 aromatic heterocycles. The van der Waals surface area contributed by atoms with Crippen molar-refractivity contribution in [3.05, 3.63) is 76.3 Å². The van der Waals surface area contributed by atoms with Crippen molar-refractivity contribution in [3.63, 3.8) is 0 Å². The van der Waals surface area contributed by atoms with E-state index in [0.29, 0.717) is 12.4 Å². The molecule has 0 aliphatic carbocycles. The number of rotatable bonds is 4. The first-order chi connectivity index (χ1) is 10.8. The minimum Gasteiger partial charge on any atom is -0.488 e. The lowest BCUT2D eigenvalue weighted by Gasteiger charge is -2.11. The highest BCUT2D eigenvalue weighted by atomic mass is 79.9. The Hall–Kier alpha value is -2.33. The van der Waals surface area contributed by atoms with Gasteiger partial charge in [-0.15, -0.1) is 0 Å². The summed E-state index contributed by atoms with van der Waals surface area (Å²) in [5, 5.41) is 14.2. The molecular formula is C18H14BrNO2. The molecule has 3 rings (SSSR count). The summed E-state index contributed by atoms with van der Waals surface area (Å²) in [6.07, 6.45) is 1.36. The average molecular weight is 356 g/mol. The van der Waals surface area contributed by atoms with E-state index in [9.17, 15) is 0 Å². The van der Waals surface area contributed by atoms with Gasteiger partial charge in [0.25, 0.3) is 0 Å². The van der Waals surface area contributed by atoms with Crippen molar-refractivity contribution >= 4 is 32.9 Å². The molecule has 0 bridgehead atoms. The molecule has 0 saturated heterocycles. The summed E-state index contributed by atoms with van der Waals surface area (Å²) in [6.45, 7) is 0.454. The Kier molecular flexibility index (Phi) is 4.39. The molecule has 3 aromatic rings. The van der Waals surface area contributed by atoms with E-state index < -0.39 is 0 Å². The molecule has 22 heavy (non-hydrogen) atoms. The SMILES string of the molecule is ON=Cc1cc(Br)ccc1OCc1cccc2ccccc12. The number of nitrogens with zero attached hydrogens (tertiary/aromatic N) is 1. The largest absolute Gasteiger partial charge is 0.488 e. The molecule has 1 N–H and O–H groups in total. The first-order valence-corrected chi connectivity index (χ1v) is 7.63. The van der Waals surface area contributed by atoms with Crippen LogP contribution in [-0.4, -0.2) is 11.4 Å². The van der Waals surface area contributed by atoms with Gasteiger partial charge in [0.1, 0.15) is 12.4 Å². The van der Waals surface area contributed by atoms with Crippen molar-refractivity contribution in [2.75, 3.05) is 0 Å². The van der Waals surface area contributed by atoms with Gasteiger partial charge in [0.2, 0.25) is 0 Å². The van der Waals surface area contributed by atoms with E-state index in [2.05, 4.69) is 45.4 Å². The molecule has 0 atom stereocenters. The van der Waals surface area contributed by atoms with Gasteiger partial charge in [-0.3, -0.25) is 0 Å². The maximum absolute atomic E-state index is 8.76. The van der Waals surface area contributed by atoms with Crippen LogP contribution in [0.25, 0.3) is 10.8 Å². The summed E-state index contributed by atoms with van der Waals surface area (Å²) in [7, 11) is 0. The fraction of sp³-hybridized carbons (Fsp3) is 0.0556. The summed E-state index contributed by atoms with van der Waals surface area (Å²) in [5.74, 6) is 0.675. The number of halogens is 1. The molecule has 0 aliphatic rings. The van der Waals surface area contributed by atoms with Crippen LogP contribution in [0.1, 0.15) is 11.1 Å². The van der Waals surface area contributed by atoms with Crippen molar-refractivity contribution in [2.45, 2.75) is 6.61 Å². The standard InChI is InChI=1S/C18H14BrNO2/c19-16-8-9-18(15(10-16)11-20-21)22-12-14-6-3-5-13-4-1-2-7-17(13)14/h1-11,21H,12H2. The zero-order valence-corrected chi connectivity index (χ0v) is 13.3. The summed E-state index contributed by atoms with van der Waals surface area (Å²) in [4.78, 5) is 0. The summed E-state index contributed by atoms with van der Waals surface area (Å²) < 4.78 is 6.82. The second kappa shape index (κ2) is 6.62. The number of hydrogen-bond donors (Lipinski definition) is 1. The van der Waals surface area contributed by atoms with Crippen molar-refractivity contribution < 1.29 is 9.94 Å². The van der Waals surface area contributed by atoms with Gasteiger partial charge in [-0.1, -0.05) is 63.6 Å². The van der Waals surface area contributed by atoms with Crippen LogP contribution in [0.4, 0.5) is 0 Å². The van der Waals surface area contributed by atoms with E-state index in [4.69, 9.17) is 9.94 Å². The van der Waals surface area contributed by atoms with E-state index in [0.717, 1.165) is 15.6 Å². The Balaban J connectivity index is 1.88. The molecule has 3 nitrogen and oxygen atoms in total. The minimum absolute atomic E-state index is 0.454. The Labute approximate surface area is 137 Å². The van der Waals surface area contributed by atoms with Gasteiger partial charge in [-0.05, 0) is 34.5 Å². The highest BCUT2D eigenvalue weighted by Gasteiger charge is 2.05. The third-order valence-corrected chi connectivity index (χ3v) is 3.93. The molecule has 0 fully saturated rings. The molecule has 0 amide bonds. The first-order valence-electron chi connectivity index (χ1n) is 6.84. The molecule has 0 saturated carbocycles. The van der Waals surface area contributed by atoms with E-state index in [1.54, 1.807) is 0 Å². The lowest BCUT2D eigenvalue weighted by atomic mass is 10.1. The van der Waals surface area contributed by atoms with E-state index in [-0.39, 0.29) is 0 Å². The first kappa shape index (κ1) is 14.6. The van der Waals surface area contributed by atoms with Crippen LogP contribution in [-0.2, 0) is 6.61 Å². The summed E-state index contributed by atoms with van der Waals surface area (Å²) in [6, 6.07) is 20.0. The van der Waals surface area contributed by atoms with Gasteiger partial charge < -0.3 is 9.94 Å². The fourth-order valence-corrected chi connectivity index (χ4v) is 2.77. The molecule has 110 valence electrons. The fourth-order valence-electron chi connectivity index (χ4n) is 2.39. The van der Waals surface area contributed by atoms with E-state index >= 15 is 0 Å². The Morgan fingerprint density at radius 2 is 1.86 bits per heavy atom. The molecule has 0 aliphatic heterocycles. The van der Waals surface area contributed by atoms with Crippen LogP contribution in [0.5, 0.6) is 5.75 Å². The van der Waals surface area contributed by atoms with Crippen LogP contribution in [0.3, 0.4) is 0 Å². The van der Waals surface area contributed by atoms with E-state index in [1.807, 2.05) is 36.4 Å².